The Kier molecular flexibility index (Phi) is 4.54. The Labute approximate surface area is 91.9 Å². The lowest BCUT2D eigenvalue weighted by Gasteiger charge is -2.39. The molecule has 4 nitrogen and oxygen atoms in total. The third kappa shape index (κ3) is 4.18. The predicted molar refractivity (Wildman–Crippen MR) is 59.9 cm³/mol. The van der Waals surface area contributed by atoms with Gasteiger partial charge in [0, 0.05) is 25.7 Å². The second kappa shape index (κ2) is 5.47. The molecule has 1 N–H and O–H groups in total. The minimum absolute atomic E-state index is 0.183. The van der Waals surface area contributed by atoms with Gasteiger partial charge in [-0.05, 0) is 19.4 Å². The van der Waals surface area contributed by atoms with E-state index in [-0.39, 0.29) is 6.54 Å². The second-order valence-corrected chi connectivity index (χ2v) is 4.89. The van der Waals surface area contributed by atoms with Gasteiger partial charge >= 0.3 is 5.97 Å². The molecule has 1 unspecified atom stereocenters. The number of likely N-dealkylation sites (N-methyl/N-ethyl adjacent to an activating group) is 1. The fourth-order valence-electron chi connectivity index (χ4n) is 2.14. The molecule has 0 aromatic heterocycles. The van der Waals surface area contributed by atoms with Gasteiger partial charge in [-0.1, -0.05) is 13.8 Å². The topological polar surface area (TPSA) is 43.8 Å². The smallest absolute Gasteiger partial charge is 0.317 e. The molecule has 0 aliphatic carbocycles. The van der Waals surface area contributed by atoms with E-state index in [2.05, 4.69) is 25.8 Å². The molecule has 0 aromatic rings. The number of nitrogens with zero attached hydrogens (tertiary/aromatic N) is 2. The lowest BCUT2D eigenvalue weighted by atomic mass is 10.0. The molecule has 88 valence electrons. The number of hydrogen-bond acceptors (Lipinski definition) is 3. The molecule has 1 saturated heterocycles. The molecular formula is C11H22N2O2. The van der Waals surface area contributed by atoms with Gasteiger partial charge in [0.25, 0.3) is 0 Å². The monoisotopic (exact) mass is 214 g/mol. The first-order valence-corrected chi connectivity index (χ1v) is 5.63. The van der Waals surface area contributed by atoms with Crippen LogP contribution in [-0.4, -0.2) is 60.1 Å². The van der Waals surface area contributed by atoms with Crippen molar-refractivity contribution in [2.24, 2.45) is 5.92 Å². The zero-order valence-corrected chi connectivity index (χ0v) is 9.94. The molecule has 0 saturated carbocycles. The average Bonchev–Trinajstić information content (AvgIpc) is 2.09. The number of hydrogen-bond donors (Lipinski definition) is 1. The highest BCUT2D eigenvalue weighted by Gasteiger charge is 2.25. The highest BCUT2D eigenvalue weighted by Crippen LogP contribution is 2.15. The van der Waals surface area contributed by atoms with Crippen LogP contribution >= 0.6 is 0 Å². The van der Waals surface area contributed by atoms with Crippen molar-refractivity contribution in [1.82, 2.24) is 9.80 Å². The Morgan fingerprint density at radius 1 is 1.47 bits per heavy atom. The molecule has 0 bridgehead atoms. The average molecular weight is 214 g/mol. The number of carbonyl (C=O) groups is 1. The fourth-order valence-corrected chi connectivity index (χ4v) is 2.14. The van der Waals surface area contributed by atoms with Crippen molar-refractivity contribution in [2.45, 2.75) is 26.3 Å². The van der Waals surface area contributed by atoms with Gasteiger partial charge < -0.3 is 10.0 Å². The Bertz CT molecular complexity index is 219. The van der Waals surface area contributed by atoms with E-state index < -0.39 is 5.97 Å². The summed E-state index contributed by atoms with van der Waals surface area (Å²) >= 11 is 0. The summed E-state index contributed by atoms with van der Waals surface area (Å²) in [5.74, 6) is -0.0509. The highest BCUT2D eigenvalue weighted by atomic mass is 16.4. The summed E-state index contributed by atoms with van der Waals surface area (Å²) in [5, 5.41) is 8.74. The van der Waals surface area contributed by atoms with Gasteiger partial charge in [0.05, 0.1) is 6.54 Å². The molecule has 4 heteroatoms. The van der Waals surface area contributed by atoms with E-state index in [1.165, 1.54) is 0 Å². The summed E-state index contributed by atoms with van der Waals surface area (Å²) in [6, 6.07) is 0.512. The molecular weight excluding hydrogens is 192 g/mol. The largest absolute Gasteiger partial charge is 0.480 e. The van der Waals surface area contributed by atoms with E-state index in [4.69, 9.17) is 5.11 Å². The third-order valence-corrected chi connectivity index (χ3v) is 2.96. The molecule has 0 radical (unpaired) electrons. The summed E-state index contributed by atoms with van der Waals surface area (Å²) in [6.07, 6.45) is 1.15. The normalized spacial score (nSPS) is 24.7. The van der Waals surface area contributed by atoms with Crippen molar-refractivity contribution in [2.75, 3.05) is 33.2 Å². The Morgan fingerprint density at radius 2 is 2.13 bits per heavy atom. The summed E-state index contributed by atoms with van der Waals surface area (Å²) in [4.78, 5) is 15.0. The summed E-state index contributed by atoms with van der Waals surface area (Å²) in [6.45, 7) is 7.35. The first-order valence-electron chi connectivity index (χ1n) is 5.63. The maximum atomic E-state index is 10.6. The minimum Gasteiger partial charge on any atom is -0.480 e. The standard InChI is InChI=1S/C11H22N2O2/c1-9(2)6-10-7-13(8-11(14)15)5-4-12(10)3/h9-10H,4-8H2,1-3H3,(H,14,15). The van der Waals surface area contributed by atoms with Gasteiger partial charge in [-0.25, -0.2) is 0 Å². The lowest BCUT2D eigenvalue weighted by Crippen LogP contribution is -2.52. The number of carboxylic acids is 1. The van der Waals surface area contributed by atoms with Gasteiger partial charge in [-0.2, -0.15) is 0 Å². The van der Waals surface area contributed by atoms with Crippen molar-refractivity contribution in [1.29, 1.82) is 0 Å². The van der Waals surface area contributed by atoms with Crippen LogP contribution in [0.4, 0.5) is 0 Å². The Hall–Kier alpha value is -0.610. The van der Waals surface area contributed by atoms with Gasteiger partial charge in [-0.15, -0.1) is 0 Å². The summed E-state index contributed by atoms with van der Waals surface area (Å²) in [7, 11) is 2.13. The maximum Gasteiger partial charge on any atom is 0.317 e. The van der Waals surface area contributed by atoms with Crippen molar-refractivity contribution in [3.63, 3.8) is 0 Å². The molecule has 15 heavy (non-hydrogen) atoms. The zero-order valence-electron chi connectivity index (χ0n) is 9.94. The van der Waals surface area contributed by atoms with Crippen LogP contribution in [0.2, 0.25) is 0 Å². The first kappa shape index (κ1) is 12.5. The van der Waals surface area contributed by atoms with E-state index in [1.807, 2.05) is 4.90 Å². The number of piperazine rings is 1. The van der Waals surface area contributed by atoms with Gasteiger partial charge in [0.15, 0.2) is 0 Å². The zero-order chi connectivity index (χ0) is 11.4. The SMILES string of the molecule is CC(C)CC1CN(CC(=O)O)CCN1C. The Morgan fingerprint density at radius 3 is 2.67 bits per heavy atom. The minimum atomic E-state index is -0.720. The molecule has 1 aliphatic rings. The Balaban J connectivity index is 2.44. The van der Waals surface area contributed by atoms with E-state index in [0.29, 0.717) is 12.0 Å². The molecule has 0 amide bonds. The molecule has 1 heterocycles. The summed E-state index contributed by atoms with van der Waals surface area (Å²) in [5.41, 5.74) is 0. The van der Waals surface area contributed by atoms with Crippen LogP contribution in [0.1, 0.15) is 20.3 Å². The number of aliphatic carboxylic acids is 1. The van der Waals surface area contributed by atoms with Crippen LogP contribution < -0.4 is 0 Å². The van der Waals surface area contributed by atoms with E-state index in [9.17, 15) is 4.79 Å². The van der Waals surface area contributed by atoms with E-state index >= 15 is 0 Å². The quantitative estimate of drug-likeness (QED) is 0.749. The molecule has 1 aliphatic heterocycles. The molecule has 0 aromatic carbocycles. The molecule has 0 spiro atoms. The second-order valence-electron chi connectivity index (χ2n) is 4.89. The third-order valence-electron chi connectivity index (χ3n) is 2.96. The van der Waals surface area contributed by atoms with Gasteiger partial charge in [-0.3, -0.25) is 9.69 Å². The van der Waals surface area contributed by atoms with Crippen molar-refractivity contribution in [3.05, 3.63) is 0 Å². The first-order chi connectivity index (χ1) is 6.99. The number of carboxylic acid groups (broad SMARTS) is 1. The van der Waals surface area contributed by atoms with Crippen molar-refractivity contribution >= 4 is 5.97 Å². The van der Waals surface area contributed by atoms with E-state index in [0.717, 1.165) is 26.1 Å². The van der Waals surface area contributed by atoms with Crippen LogP contribution in [-0.2, 0) is 4.79 Å². The van der Waals surface area contributed by atoms with Gasteiger partial charge in [0.2, 0.25) is 0 Å². The fraction of sp³-hybridized carbons (Fsp3) is 0.909. The molecule has 1 rings (SSSR count). The van der Waals surface area contributed by atoms with E-state index in [1.54, 1.807) is 0 Å². The molecule has 1 fully saturated rings. The molecule has 1 atom stereocenters. The van der Waals surface area contributed by atoms with Crippen LogP contribution in [0.15, 0.2) is 0 Å². The highest BCUT2D eigenvalue weighted by molar-refractivity contribution is 5.69. The number of rotatable bonds is 4. The lowest BCUT2D eigenvalue weighted by molar-refractivity contribution is -0.139. The summed E-state index contributed by atoms with van der Waals surface area (Å²) < 4.78 is 0. The predicted octanol–water partition coefficient (Wildman–Crippen LogP) is 0.733. The van der Waals surface area contributed by atoms with Crippen LogP contribution in [0.25, 0.3) is 0 Å². The van der Waals surface area contributed by atoms with Crippen LogP contribution in [0.5, 0.6) is 0 Å². The van der Waals surface area contributed by atoms with Crippen molar-refractivity contribution < 1.29 is 9.90 Å². The van der Waals surface area contributed by atoms with Gasteiger partial charge in [0.1, 0.15) is 0 Å². The van der Waals surface area contributed by atoms with Crippen molar-refractivity contribution in [3.8, 4) is 0 Å². The maximum absolute atomic E-state index is 10.6. The van der Waals surface area contributed by atoms with Crippen LogP contribution in [0, 0.1) is 5.92 Å². The van der Waals surface area contributed by atoms with Crippen LogP contribution in [0.3, 0.4) is 0 Å².